The van der Waals surface area contributed by atoms with Crippen molar-refractivity contribution in [2.45, 2.75) is 63.8 Å². The number of sulfonamides is 1. The van der Waals surface area contributed by atoms with E-state index in [4.69, 9.17) is 11.6 Å². The summed E-state index contributed by atoms with van der Waals surface area (Å²) in [6, 6.07) is 7.26. The topological polar surface area (TPSA) is 57.7 Å². The molecule has 2 aliphatic rings. The van der Waals surface area contributed by atoms with Crippen LogP contribution in [-0.4, -0.2) is 60.9 Å². The molecule has 1 aromatic carbocycles. The van der Waals surface area contributed by atoms with Crippen LogP contribution in [0.2, 0.25) is 5.02 Å². The number of halogens is 2. The number of nitrogens with zero attached hydrogens (tertiary/aromatic N) is 2. The normalized spacial score (nSPS) is 20.5. The van der Waals surface area contributed by atoms with Gasteiger partial charge in [0.15, 0.2) is 5.78 Å². The first-order valence-electron chi connectivity index (χ1n) is 10.9. The third kappa shape index (κ3) is 5.98. The Kier molecular flexibility index (Phi) is 9.62. The van der Waals surface area contributed by atoms with Crippen LogP contribution in [-0.2, 0) is 10.0 Å². The van der Waals surface area contributed by atoms with E-state index < -0.39 is 10.0 Å². The van der Waals surface area contributed by atoms with Gasteiger partial charge >= 0.3 is 0 Å². The van der Waals surface area contributed by atoms with Crippen molar-refractivity contribution in [2.24, 2.45) is 0 Å². The van der Waals surface area contributed by atoms with Crippen LogP contribution >= 0.6 is 24.0 Å². The third-order valence-electron chi connectivity index (χ3n) is 6.54. The fourth-order valence-corrected chi connectivity index (χ4v) is 6.66. The summed E-state index contributed by atoms with van der Waals surface area (Å²) in [6.45, 7) is 4.53. The van der Waals surface area contributed by atoms with Crippen LogP contribution in [0.3, 0.4) is 0 Å². The average Bonchev–Trinajstić information content (AvgIpc) is 2.73. The quantitative estimate of drug-likeness (QED) is 0.506. The minimum Gasteiger partial charge on any atom is -0.295 e. The molecule has 1 aliphatic heterocycles. The minimum absolute atomic E-state index is 0. The zero-order chi connectivity index (χ0) is 20.9. The largest absolute Gasteiger partial charge is 0.295 e. The van der Waals surface area contributed by atoms with Crippen molar-refractivity contribution in [3.05, 3.63) is 34.9 Å². The average molecular weight is 477 g/mol. The van der Waals surface area contributed by atoms with Gasteiger partial charge in [-0.05, 0) is 37.8 Å². The molecule has 0 spiro atoms. The first-order valence-corrected chi connectivity index (χ1v) is 12.9. The second-order valence-corrected chi connectivity index (χ2v) is 10.9. The smallest absolute Gasteiger partial charge is 0.214 e. The number of benzene rings is 1. The Morgan fingerprint density at radius 1 is 1.07 bits per heavy atom. The monoisotopic (exact) mass is 476 g/mol. The number of hydrogen-bond acceptors (Lipinski definition) is 4. The summed E-state index contributed by atoms with van der Waals surface area (Å²) in [7, 11) is -3.14. The summed E-state index contributed by atoms with van der Waals surface area (Å²) in [5, 5.41) is 0.518. The molecule has 1 saturated carbocycles. The number of piperazine rings is 1. The van der Waals surface area contributed by atoms with Gasteiger partial charge in [-0.3, -0.25) is 9.69 Å². The van der Waals surface area contributed by atoms with Gasteiger partial charge in [0.25, 0.3) is 0 Å². The van der Waals surface area contributed by atoms with Crippen molar-refractivity contribution in [1.82, 2.24) is 9.21 Å². The van der Waals surface area contributed by atoms with Crippen molar-refractivity contribution >= 4 is 39.8 Å². The molecule has 0 aromatic heterocycles. The Bertz CT molecular complexity index is 802. The van der Waals surface area contributed by atoms with E-state index in [0.717, 1.165) is 32.4 Å². The molecule has 8 heteroatoms. The fraction of sp³-hybridized carbons (Fsp3) is 0.682. The van der Waals surface area contributed by atoms with E-state index in [1.165, 1.54) is 19.3 Å². The molecule has 2 fully saturated rings. The molecule has 170 valence electrons. The van der Waals surface area contributed by atoms with Crippen molar-refractivity contribution in [3.63, 3.8) is 0 Å². The molecule has 5 nitrogen and oxygen atoms in total. The summed E-state index contributed by atoms with van der Waals surface area (Å²) >= 11 is 6.21. The van der Waals surface area contributed by atoms with Crippen LogP contribution < -0.4 is 0 Å². The molecule has 3 rings (SSSR count). The van der Waals surface area contributed by atoms with Gasteiger partial charge in [-0.1, -0.05) is 49.9 Å². The number of Topliss-reactive ketones (excluding diaryl/α,β-unsaturated/α-hetero) is 1. The molecule has 1 aliphatic carbocycles. The van der Waals surface area contributed by atoms with E-state index in [0.29, 0.717) is 36.5 Å². The minimum atomic E-state index is -3.14. The summed E-state index contributed by atoms with van der Waals surface area (Å²) in [6.07, 6.45) is 7.72. The Hall–Kier alpha value is -0.660. The number of ketones is 1. The lowest BCUT2D eigenvalue weighted by molar-refractivity contribution is 0.0165. The van der Waals surface area contributed by atoms with E-state index in [9.17, 15) is 13.2 Å². The van der Waals surface area contributed by atoms with Gasteiger partial charge in [-0.2, -0.15) is 4.31 Å². The molecule has 0 radical (unpaired) electrons. The highest BCUT2D eigenvalue weighted by Crippen LogP contribution is 2.38. The second-order valence-electron chi connectivity index (χ2n) is 8.39. The van der Waals surface area contributed by atoms with Crippen molar-refractivity contribution in [1.29, 1.82) is 0 Å². The number of carbonyl (C=O) groups excluding carboxylic acids is 1. The van der Waals surface area contributed by atoms with Gasteiger partial charge < -0.3 is 0 Å². The maximum absolute atomic E-state index is 12.8. The summed E-state index contributed by atoms with van der Waals surface area (Å²) in [5.41, 5.74) is 0.617. The van der Waals surface area contributed by atoms with Crippen LogP contribution in [0.4, 0.5) is 0 Å². The van der Waals surface area contributed by atoms with Gasteiger partial charge in [0, 0.05) is 43.7 Å². The van der Waals surface area contributed by atoms with E-state index in [-0.39, 0.29) is 29.5 Å². The SMILES string of the molecule is CCCS(=O)(=O)N1CCN(C2(CCC(=O)c3ccccc3Cl)CCCCC2)CC1.Cl. The van der Waals surface area contributed by atoms with Crippen LogP contribution in [0, 0.1) is 0 Å². The third-order valence-corrected chi connectivity index (χ3v) is 8.95. The Labute approximate surface area is 192 Å². The summed E-state index contributed by atoms with van der Waals surface area (Å²) in [5.74, 6) is 0.328. The molecule has 0 atom stereocenters. The molecule has 0 unspecified atom stereocenters. The molecule has 0 amide bonds. The van der Waals surface area contributed by atoms with Gasteiger partial charge in [-0.15, -0.1) is 12.4 Å². The van der Waals surface area contributed by atoms with Crippen LogP contribution in [0.5, 0.6) is 0 Å². The van der Waals surface area contributed by atoms with Crippen LogP contribution in [0.25, 0.3) is 0 Å². The maximum Gasteiger partial charge on any atom is 0.214 e. The van der Waals surface area contributed by atoms with E-state index in [1.807, 2.05) is 19.1 Å². The van der Waals surface area contributed by atoms with Crippen molar-refractivity contribution < 1.29 is 13.2 Å². The highest BCUT2D eigenvalue weighted by molar-refractivity contribution is 7.89. The summed E-state index contributed by atoms with van der Waals surface area (Å²) in [4.78, 5) is 15.3. The lowest BCUT2D eigenvalue weighted by Crippen LogP contribution is -2.58. The number of carbonyl (C=O) groups is 1. The Balaban J connectivity index is 0.00000320. The molecule has 30 heavy (non-hydrogen) atoms. The first kappa shape index (κ1) is 25.6. The van der Waals surface area contributed by atoms with Gasteiger partial charge in [-0.25, -0.2) is 8.42 Å². The van der Waals surface area contributed by atoms with Crippen LogP contribution in [0.1, 0.15) is 68.6 Å². The van der Waals surface area contributed by atoms with Crippen molar-refractivity contribution in [3.8, 4) is 0 Å². The lowest BCUT2D eigenvalue weighted by atomic mass is 9.76. The molecular weight excluding hydrogens is 443 g/mol. The standard InChI is InChI=1S/C22H33ClN2O3S.ClH/c1-2-18-29(27,28)25-16-14-24(15-17-25)22(11-6-3-7-12-22)13-10-21(26)19-8-4-5-9-20(19)23;/h4-5,8-9H,2-3,6-7,10-18H2,1H3;1H. The van der Waals surface area contributed by atoms with E-state index in [1.54, 1.807) is 16.4 Å². The summed E-state index contributed by atoms with van der Waals surface area (Å²) < 4.78 is 26.5. The van der Waals surface area contributed by atoms with E-state index in [2.05, 4.69) is 4.90 Å². The molecule has 1 aromatic rings. The first-order chi connectivity index (χ1) is 13.9. The Morgan fingerprint density at radius 2 is 1.70 bits per heavy atom. The highest BCUT2D eigenvalue weighted by Gasteiger charge is 2.40. The van der Waals surface area contributed by atoms with Crippen LogP contribution in [0.15, 0.2) is 24.3 Å². The predicted molar refractivity (Wildman–Crippen MR) is 125 cm³/mol. The lowest BCUT2D eigenvalue weighted by Gasteiger charge is -2.50. The zero-order valence-electron chi connectivity index (χ0n) is 17.8. The molecule has 0 bridgehead atoms. The van der Waals surface area contributed by atoms with Gasteiger partial charge in [0.1, 0.15) is 0 Å². The van der Waals surface area contributed by atoms with Gasteiger partial charge in [0.2, 0.25) is 10.0 Å². The number of hydrogen-bond donors (Lipinski definition) is 0. The molecule has 1 heterocycles. The zero-order valence-corrected chi connectivity index (χ0v) is 20.2. The van der Waals surface area contributed by atoms with Crippen molar-refractivity contribution in [2.75, 3.05) is 31.9 Å². The number of rotatable bonds is 8. The molecular formula is C22H34Cl2N2O3S. The van der Waals surface area contributed by atoms with E-state index >= 15 is 0 Å². The highest BCUT2D eigenvalue weighted by atomic mass is 35.5. The van der Waals surface area contributed by atoms with Gasteiger partial charge in [0.05, 0.1) is 10.8 Å². The maximum atomic E-state index is 12.8. The second kappa shape index (κ2) is 11.3. The molecule has 1 saturated heterocycles. The fourth-order valence-electron chi connectivity index (χ4n) is 4.93. The molecule has 0 N–H and O–H groups in total. The Morgan fingerprint density at radius 3 is 2.30 bits per heavy atom. The predicted octanol–water partition coefficient (Wildman–Crippen LogP) is 4.79.